The summed E-state index contributed by atoms with van der Waals surface area (Å²) in [6.45, 7) is 3.54. The first-order valence-electron chi connectivity index (χ1n) is 8.96. The Kier molecular flexibility index (Phi) is 7.26. The van der Waals surface area contributed by atoms with E-state index < -0.39 is 12.0 Å². The average molecular weight is 364 g/mol. The van der Waals surface area contributed by atoms with Crippen molar-refractivity contribution in [3.05, 3.63) is 23.3 Å². The number of benzene rings is 1. The van der Waals surface area contributed by atoms with Crippen LogP contribution in [-0.4, -0.2) is 55.2 Å². The van der Waals surface area contributed by atoms with Crippen LogP contribution in [0.3, 0.4) is 0 Å². The highest BCUT2D eigenvalue weighted by molar-refractivity contribution is 5.84. The predicted octanol–water partition coefficient (Wildman–Crippen LogP) is 1.82. The highest BCUT2D eigenvalue weighted by atomic mass is 16.5. The molecule has 1 aliphatic rings. The summed E-state index contributed by atoms with van der Waals surface area (Å²) in [4.78, 5) is 25.6. The summed E-state index contributed by atoms with van der Waals surface area (Å²) in [6, 6.07) is 3.11. The van der Waals surface area contributed by atoms with Crippen molar-refractivity contribution >= 4 is 11.9 Å². The molecule has 0 saturated heterocycles. The molecule has 2 N–H and O–H groups in total. The SMILES string of the molecule is CCCCC(NC(=O)CN1CCc2cc(OC)c(OC)cc2C1)C(=O)O. The second kappa shape index (κ2) is 9.43. The normalized spacial score (nSPS) is 15.0. The van der Waals surface area contributed by atoms with Crippen LogP contribution in [0.5, 0.6) is 11.5 Å². The molecule has 1 atom stereocenters. The molecule has 0 fully saturated rings. The van der Waals surface area contributed by atoms with Gasteiger partial charge in [0, 0.05) is 13.1 Å². The number of aliphatic carboxylic acids is 1. The number of hydrogen-bond acceptors (Lipinski definition) is 5. The van der Waals surface area contributed by atoms with Gasteiger partial charge in [-0.15, -0.1) is 0 Å². The molecule has 1 unspecified atom stereocenters. The largest absolute Gasteiger partial charge is 0.493 e. The van der Waals surface area contributed by atoms with Crippen LogP contribution in [0.2, 0.25) is 0 Å². The van der Waals surface area contributed by atoms with Gasteiger partial charge in [-0.25, -0.2) is 4.79 Å². The van der Waals surface area contributed by atoms with Gasteiger partial charge in [0.1, 0.15) is 6.04 Å². The van der Waals surface area contributed by atoms with E-state index in [0.717, 1.165) is 31.4 Å². The molecule has 0 radical (unpaired) electrons. The van der Waals surface area contributed by atoms with Crippen LogP contribution in [0.1, 0.15) is 37.3 Å². The molecular formula is C19H28N2O5. The molecule has 1 heterocycles. The number of carboxylic acid groups (broad SMARTS) is 1. The fraction of sp³-hybridized carbons (Fsp3) is 0.579. The Hall–Kier alpha value is -2.28. The summed E-state index contributed by atoms with van der Waals surface area (Å²) < 4.78 is 10.7. The topological polar surface area (TPSA) is 88.1 Å². The first kappa shape index (κ1) is 20.0. The minimum Gasteiger partial charge on any atom is -0.493 e. The van der Waals surface area contributed by atoms with Gasteiger partial charge < -0.3 is 19.9 Å². The van der Waals surface area contributed by atoms with Crippen molar-refractivity contribution in [3.63, 3.8) is 0 Å². The number of carbonyl (C=O) groups is 2. The summed E-state index contributed by atoms with van der Waals surface area (Å²) in [6.07, 6.45) is 2.93. The number of ether oxygens (including phenoxy) is 2. The number of hydrogen-bond donors (Lipinski definition) is 2. The van der Waals surface area contributed by atoms with Crippen LogP contribution < -0.4 is 14.8 Å². The van der Waals surface area contributed by atoms with Crippen LogP contribution in [0.25, 0.3) is 0 Å². The summed E-state index contributed by atoms with van der Waals surface area (Å²) >= 11 is 0. The van der Waals surface area contributed by atoms with Gasteiger partial charge in [0.05, 0.1) is 20.8 Å². The van der Waals surface area contributed by atoms with Crippen LogP contribution in [0, 0.1) is 0 Å². The lowest BCUT2D eigenvalue weighted by molar-refractivity contribution is -0.142. The Bertz CT molecular complexity index is 647. The van der Waals surface area contributed by atoms with Gasteiger partial charge in [-0.2, -0.15) is 0 Å². The maximum absolute atomic E-state index is 12.3. The molecule has 1 aromatic rings. The van der Waals surface area contributed by atoms with Gasteiger partial charge in [0.2, 0.25) is 5.91 Å². The molecular weight excluding hydrogens is 336 g/mol. The van der Waals surface area contributed by atoms with Gasteiger partial charge in [0.15, 0.2) is 11.5 Å². The van der Waals surface area contributed by atoms with Gasteiger partial charge >= 0.3 is 5.97 Å². The summed E-state index contributed by atoms with van der Waals surface area (Å²) in [7, 11) is 3.21. The number of rotatable bonds is 9. The number of carboxylic acids is 1. The van der Waals surface area contributed by atoms with E-state index in [4.69, 9.17) is 9.47 Å². The number of nitrogens with zero attached hydrogens (tertiary/aromatic N) is 1. The highest BCUT2D eigenvalue weighted by Crippen LogP contribution is 2.33. The fourth-order valence-corrected chi connectivity index (χ4v) is 3.19. The van der Waals surface area contributed by atoms with Gasteiger partial charge in [-0.1, -0.05) is 19.8 Å². The Labute approximate surface area is 154 Å². The van der Waals surface area contributed by atoms with Crippen molar-refractivity contribution in [1.82, 2.24) is 10.2 Å². The van der Waals surface area contributed by atoms with E-state index in [9.17, 15) is 14.7 Å². The standard InChI is InChI=1S/C19H28N2O5/c1-4-5-6-15(19(23)24)20-18(22)12-21-8-7-13-9-16(25-2)17(26-3)10-14(13)11-21/h9-10,15H,4-8,11-12H2,1-3H3,(H,20,22)(H,23,24). The predicted molar refractivity (Wildman–Crippen MR) is 97.6 cm³/mol. The summed E-state index contributed by atoms with van der Waals surface area (Å²) in [5, 5.41) is 11.9. The van der Waals surface area contributed by atoms with Gasteiger partial charge in [-0.05, 0) is 36.1 Å². The van der Waals surface area contributed by atoms with Crippen molar-refractivity contribution in [1.29, 1.82) is 0 Å². The van der Waals surface area contributed by atoms with Crippen LogP contribution in [0.4, 0.5) is 0 Å². The number of amides is 1. The maximum Gasteiger partial charge on any atom is 0.326 e. The molecule has 0 aromatic heterocycles. The van der Waals surface area contributed by atoms with E-state index in [1.807, 2.05) is 24.0 Å². The number of unbranched alkanes of at least 4 members (excludes halogenated alkanes) is 1. The molecule has 26 heavy (non-hydrogen) atoms. The lowest BCUT2D eigenvalue weighted by atomic mass is 9.99. The van der Waals surface area contributed by atoms with E-state index in [2.05, 4.69) is 5.32 Å². The van der Waals surface area contributed by atoms with E-state index in [-0.39, 0.29) is 12.5 Å². The third-order valence-corrected chi connectivity index (χ3v) is 4.64. The molecule has 1 amide bonds. The third-order valence-electron chi connectivity index (χ3n) is 4.64. The monoisotopic (exact) mass is 364 g/mol. The molecule has 2 rings (SSSR count). The zero-order chi connectivity index (χ0) is 19.1. The number of carbonyl (C=O) groups excluding carboxylic acids is 1. The van der Waals surface area contributed by atoms with Crippen molar-refractivity contribution in [3.8, 4) is 11.5 Å². The second-order valence-corrected chi connectivity index (χ2v) is 6.54. The Morgan fingerprint density at radius 1 is 1.23 bits per heavy atom. The molecule has 0 saturated carbocycles. The van der Waals surface area contributed by atoms with E-state index in [1.165, 1.54) is 5.56 Å². The summed E-state index contributed by atoms with van der Waals surface area (Å²) in [5.41, 5.74) is 2.29. The third kappa shape index (κ3) is 5.11. The zero-order valence-electron chi connectivity index (χ0n) is 15.7. The number of nitrogens with one attached hydrogen (secondary N) is 1. The first-order valence-corrected chi connectivity index (χ1v) is 8.96. The number of fused-ring (bicyclic) bond motifs is 1. The van der Waals surface area contributed by atoms with Crippen molar-refractivity contribution in [2.75, 3.05) is 27.3 Å². The first-order chi connectivity index (χ1) is 12.5. The maximum atomic E-state index is 12.3. The van der Waals surface area contributed by atoms with E-state index in [1.54, 1.807) is 14.2 Å². The molecule has 0 spiro atoms. The van der Waals surface area contributed by atoms with Crippen LogP contribution >= 0.6 is 0 Å². The molecule has 0 aliphatic carbocycles. The van der Waals surface area contributed by atoms with Gasteiger partial charge in [0.25, 0.3) is 0 Å². The number of methoxy groups -OCH3 is 2. The second-order valence-electron chi connectivity index (χ2n) is 6.54. The molecule has 7 heteroatoms. The van der Waals surface area contributed by atoms with Gasteiger partial charge in [-0.3, -0.25) is 9.69 Å². The van der Waals surface area contributed by atoms with Crippen LogP contribution in [0.15, 0.2) is 12.1 Å². The van der Waals surface area contributed by atoms with E-state index in [0.29, 0.717) is 24.5 Å². The Balaban J connectivity index is 1.97. The minimum atomic E-state index is -0.979. The quantitative estimate of drug-likeness (QED) is 0.695. The minimum absolute atomic E-state index is 0.184. The van der Waals surface area contributed by atoms with Crippen molar-refractivity contribution in [2.45, 2.75) is 45.2 Å². The zero-order valence-corrected chi connectivity index (χ0v) is 15.7. The lowest BCUT2D eigenvalue weighted by Gasteiger charge is -2.29. The highest BCUT2D eigenvalue weighted by Gasteiger charge is 2.24. The van der Waals surface area contributed by atoms with Crippen molar-refractivity contribution < 1.29 is 24.2 Å². The molecule has 7 nitrogen and oxygen atoms in total. The molecule has 144 valence electrons. The summed E-state index contributed by atoms with van der Waals surface area (Å²) in [5.74, 6) is 0.144. The Morgan fingerprint density at radius 3 is 2.46 bits per heavy atom. The molecule has 1 aliphatic heterocycles. The van der Waals surface area contributed by atoms with E-state index >= 15 is 0 Å². The smallest absolute Gasteiger partial charge is 0.326 e. The lowest BCUT2D eigenvalue weighted by Crippen LogP contribution is -2.46. The average Bonchev–Trinajstić information content (AvgIpc) is 2.63. The van der Waals surface area contributed by atoms with Crippen molar-refractivity contribution in [2.24, 2.45) is 0 Å². The Morgan fingerprint density at radius 2 is 1.88 bits per heavy atom. The van der Waals surface area contributed by atoms with Crippen LogP contribution in [-0.2, 0) is 22.6 Å². The fourth-order valence-electron chi connectivity index (χ4n) is 3.19. The molecule has 0 bridgehead atoms. The molecule has 1 aromatic carbocycles.